The molecule has 0 atom stereocenters. The van der Waals surface area contributed by atoms with Gasteiger partial charge in [-0.3, -0.25) is 4.79 Å². The first-order chi connectivity index (χ1) is 14.7. The van der Waals surface area contributed by atoms with Crippen molar-refractivity contribution in [3.05, 3.63) is 53.6 Å². The normalized spacial score (nSPS) is 14.0. The maximum absolute atomic E-state index is 13.1. The fourth-order valence-corrected chi connectivity index (χ4v) is 3.67. The predicted molar refractivity (Wildman–Crippen MR) is 119 cm³/mol. The van der Waals surface area contributed by atoms with Gasteiger partial charge in [0.15, 0.2) is 0 Å². The summed E-state index contributed by atoms with van der Waals surface area (Å²) in [5.41, 5.74) is 2.67. The van der Waals surface area contributed by atoms with E-state index in [1.165, 1.54) is 0 Å². The molecule has 1 fully saturated rings. The van der Waals surface area contributed by atoms with E-state index in [0.717, 1.165) is 42.3 Å². The molecule has 30 heavy (non-hydrogen) atoms. The van der Waals surface area contributed by atoms with E-state index in [0.29, 0.717) is 38.5 Å². The molecule has 0 saturated carbocycles. The first-order valence-corrected chi connectivity index (χ1v) is 10.7. The number of hydrogen-bond donors (Lipinski definition) is 0. The number of amides is 1. The number of benzene rings is 2. The predicted octanol–water partition coefficient (Wildman–Crippen LogP) is 3.98. The van der Waals surface area contributed by atoms with E-state index in [-0.39, 0.29) is 5.91 Å². The lowest BCUT2D eigenvalue weighted by Gasteiger charge is -2.36. The standard InChI is InChI=1S/C24H32N2O4/c1-4-16-29-18-20-17-19(10-11-22(20)30-5-2)24(27)26-14-12-25(13-15-26)21-8-6-7-9-23(21)28-3/h6-11,17H,4-5,12-16,18H2,1-3H3. The van der Waals surface area contributed by atoms with Crippen LogP contribution in [0.15, 0.2) is 42.5 Å². The highest BCUT2D eigenvalue weighted by atomic mass is 16.5. The molecule has 1 saturated heterocycles. The number of anilines is 1. The summed E-state index contributed by atoms with van der Waals surface area (Å²) in [5.74, 6) is 1.70. The molecule has 1 aliphatic rings. The van der Waals surface area contributed by atoms with E-state index in [2.05, 4.69) is 17.9 Å². The van der Waals surface area contributed by atoms with Crippen molar-refractivity contribution in [1.82, 2.24) is 4.90 Å². The molecular weight excluding hydrogens is 380 g/mol. The average molecular weight is 413 g/mol. The van der Waals surface area contributed by atoms with E-state index in [1.54, 1.807) is 7.11 Å². The Morgan fingerprint density at radius 2 is 1.77 bits per heavy atom. The van der Waals surface area contributed by atoms with Gasteiger partial charge in [0.05, 0.1) is 26.0 Å². The average Bonchev–Trinajstić information content (AvgIpc) is 2.80. The zero-order chi connectivity index (χ0) is 21.3. The molecule has 0 radical (unpaired) electrons. The number of methoxy groups -OCH3 is 1. The highest BCUT2D eigenvalue weighted by molar-refractivity contribution is 5.94. The third kappa shape index (κ3) is 5.25. The Hall–Kier alpha value is -2.73. The Labute approximate surface area is 179 Å². The summed E-state index contributed by atoms with van der Waals surface area (Å²) in [6.07, 6.45) is 0.957. The summed E-state index contributed by atoms with van der Waals surface area (Å²) in [6, 6.07) is 13.7. The summed E-state index contributed by atoms with van der Waals surface area (Å²) >= 11 is 0. The van der Waals surface area contributed by atoms with Crippen molar-refractivity contribution in [2.75, 3.05) is 51.4 Å². The van der Waals surface area contributed by atoms with E-state index < -0.39 is 0 Å². The van der Waals surface area contributed by atoms with Crippen molar-refractivity contribution < 1.29 is 19.0 Å². The second-order valence-electron chi connectivity index (χ2n) is 7.26. The maximum Gasteiger partial charge on any atom is 0.253 e. The molecule has 1 heterocycles. The highest BCUT2D eigenvalue weighted by Crippen LogP contribution is 2.29. The molecule has 0 aliphatic carbocycles. The number of carbonyl (C=O) groups is 1. The molecule has 162 valence electrons. The number of nitrogens with zero attached hydrogens (tertiary/aromatic N) is 2. The van der Waals surface area contributed by atoms with Gasteiger partial charge in [-0.05, 0) is 43.7 Å². The maximum atomic E-state index is 13.1. The second-order valence-corrected chi connectivity index (χ2v) is 7.26. The number of carbonyl (C=O) groups excluding carboxylic acids is 1. The minimum absolute atomic E-state index is 0.0504. The minimum atomic E-state index is 0.0504. The van der Waals surface area contributed by atoms with Crippen LogP contribution in [0.4, 0.5) is 5.69 Å². The molecular formula is C24H32N2O4. The van der Waals surface area contributed by atoms with Crippen molar-refractivity contribution >= 4 is 11.6 Å². The fourth-order valence-electron chi connectivity index (χ4n) is 3.67. The minimum Gasteiger partial charge on any atom is -0.495 e. The molecule has 0 aromatic heterocycles. The Morgan fingerprint density at radius 3 is 2.47 bits per heavy atom. The molecule has 0 N–H and O–H groups in total. The summed E-state index contributed by atoms with van der Waals surface area (Å²) in [7, 11) is 1.69. The second kappa shape index (κ2) is 10.9. The van der Waals surface area contributed by atoms with Gasteiger partial charge in [0.1, 0.15) is 11.5 Å². The van der Waals surface area contributed by atoms with E-state index in [9.17, 15) is 4.79 Å². The lowest BCUT2D eigenvalue weighted by Crippen LogP contribution is -2.48. The van der Waals surface area contributed by atoms with Gasteiger partial charge in [0, 0.05) is 43.9 Å². The van der Waals surface area contributed by atoms with E-state index in [1.807, 2.05) is 48.2 Å². The molecule has 3 rings (SSSR count). The summed E-state index contributed by atoms with van der Waals surface area (Å²) < 4.78 is 16.9. The molecule has 0 unspecified atom stereocenters. The topological polar surface area (TPSA) is 51.2 Å². The summed E-state index contributed by atoms with van der Waals surface area (Å²) in [5, 5.41) is 0. The first kappa shape index (κ1) is 22.0. The van der Waals surface area contributed by atoms with Gasteiger partial charge in [-0.2, -0.15) is 0 Å². The van der Waals surface area contributed by atoms with Crippen LogP contribution in [0.1, 0.15) is 36.2 Å². The van der Waals surface area contributed by atoms with E-state index >= 15 is 0 Å². The van der Waals surface area contributed by atoms with Gasteiger partial charge in [-0.25, -0.2) is 0 Å². The lowest BCUT2D eigenvalue weighted by atomic mass is 10.1. The smallest absolute Gasteiger partial charge is 0.253 e. The van der Waals surface area contributed by atoms with Crippen molar-refractivity contribution in [3.63, 3.8) is 0 Å². The van der Waals surface area contributed by atoms with Gasteiger partial charge in [-0.1, -0.05) is 19.1 Å². The quantitative estimate of drug-likeness (QED) is 0.583. The van der Waals surface area contributed by atoms with Crippen LogP contribution in [0.5, 0.6) is 11.5 Å². The number of rotatable bonds is 9. The van der Waals surface area contributed by atoms with Gasteiger partial charge in [-0.15, -0.1) is 0 Å². The van der Waals surface area contributed by atoms with Gasteiger partial charge in [0.2, 0.25) is 0 Å². The Morgan fingerprint density at radius 1 is 1.00 bits per heavy atom. The zero-order valence-corrected chi connectivity index (χ0v) is 18.2. The molecule has 2 aromatic rings. The van der Waals surface area contributed by atoms with Crippen molar-refractivity contribution in [3.8, 4) is 11.5 Å². The largest absolute Gasteiger partial charge is 0.495 e. The zero-order valence-electron chi connectivity index (χ0n) is 18.2. The lowest BCUT2D eigenvalue weighted by molar-refractivity contribution is 0.0746. The molecule has 1 aliphatic heterocycles. The Kier molecular flexibility index (Phi) is 7.97. The van der Waals surface area contributed by atoms with Crippen LogP contribution in [0.2, 0.25) is 0 Å². The van der Waals surface area contributed by atoms with Crippen LogP contribution in [-0.4, -0.2) is 57.3 Å². The highest BCUT2D eigenvalue weighted by Gasteiger charge is 2.24. The Balaban J connectivity index is 1.67. The summed E-state index contributed by atoms with van der Waals surface area (Å²) in [6.45, 7) is 8.65. The van der Waals surface area contributed by atoms with Gasteiger partial charge >= 0.3 is 0 Å². The molecule has 0 bridgehead atoms. The molecule has 6 heteroatoms. The molecule has 6 nitrogen and oxygen atoms in total. The number of piperazine rings is 1. The first-order valence-electron chi connectivity index (χ1n) is 10.7. The molecule has 1 amide bonds. The van der Waals surface area contributed by atoms with Crippen LogP contribution in [0.25, 0.3) is 0 Å². The third-order valence-corrected chi connectivity index (χ3v) is 5.21. The molecule has 0 spiro atoms. The molecule has 2 aromatic carbocycles. The van der Waals surface area contributed by atoms with E-state index in [4.69, 9.17) is 14.2 Å². The monoisotopic (exact) mass is 412 g/mol. The number of hydrogen-bond acceptors (Lipinski definition) is 5. The Bertz CT molecular complexity index is 832. The third-order valence-electron chi connectivity index (χ3n) is 5.21. The number of ether oxygens (including phenoxy) is 3. The van der Waals surface area contributed by atoms with Gasteiger partial charge in [0.25, 0.3) is 5.91 Å². The van der Waals surface area contributed by atoms with Crippen molar-refractivity contribution in [2.45, 2.75) is 26.9 Å². The fraction of sp³-hybridized carbons (Fsp3) is 0.458. The van der Waals surface area contributed by atoms with Crippen LogP contribution in [0.3, 0.4) is 0 Å². The van der Waals surface area contributed by atoms with Crippen molar-refractivity contribution in [1.29, 1.82) is 0 Å². The number of para-hydroxylation sites is 2. The van der Waals surface area contributed by atoms with Crippen molar-refractivity contribution in [2.24, 2.45) is 0 Å². The van der Waals surface area contributed by atoms with Crippen LogP contribution in [0, 0.1) is 0 Å². The van der Waals surface area contributed by atoms with Crippen LogP contribution < -0.4 is 14.4 Å². The van der Waals surface area contributed by atoms with Crippen LogP contribution >= 0.6 is 0 Å². The van der Waals surface area contributed by atoms with Crippen LogP contribution in [-0.2, 0) is 11.3 Å². The SMILES string of the molecule is CCCOCc1cc(C(=O)N2CCN(c3ccccc3OC)CC2)ccc1OCC. The van der Waals surface area contributed by atoms with Gasteiger partial charge < -0.3 is 24.0 Å². The summed E-state index contributed by atoms with van der Waals surface area (Å²) in [4.78, 5) is 17.3.